The van der Waals surface area contributed by atoms with Crippen LogP contribution in [0.3, 0.4) is 0 Å². The maximum atomic E-state index is 11.0. The Morgan fingerprint density at radius 1 is 1.62 bits per heavy atom. The largest absolute Gasteiger partial charge is 0.466 e. The van der Waals surface area contributed by atoms with E-state index in [-0.39, 0.29) is 5.70 Å². The van der Waals surface area contributed by atoms with E-state index in [9.17, 15) is 4.79 Å². The normalized spacial score (nSPS) is 12.8. The molecule has 0 aromatic heterocycles. The number of nitrogens with two attached hydrogens (primary N) is 1. The highest BCUT2D eigenvalue weighted by atomic mass is 32.2. The first-order valence-electron chi connectivity index (χ1n) is 4.62. The molecule has 5 heteroatoms. The molecule has 0 saturated carbocycles. The average molecular weight is 240 g/mol. The van der Waals surface area contributed by atoms with Gasteiger partial charge < -0.3 is 10.5 Å². The van der Waals surface area contributed by atoms with Gasteiger partial charge in [0.15, 0.2) is 0 Å². The van der Waals surface area contributed by atoms with Crippen molar-refractivity contribution < 1.29 is 9.53 Å². The van der Waals surface area contributed by atoms with Crippen LogP contribution in [0.2, 0.25) is 0 Å². The lowest BCUT2D eigenvalue weighted by molar-refractivity contribution is -0.134. The maximum absolute atomic E-state index is 11.0. The van der Waals surface area contributed by atoms with Gasteiger partial charge in [-0.1, -0.05) is 19.6 Å². The third-order valence-corrected chi connectivity index (χ3v) is 2.58. The van der Waals surface area contributed by atoms with E-state index in [2.05, 4.69) is 23.0 Å². The van der Waals surface area contributed by atoms with Gasteiger partial charge in [0, 0.05) is 11.0 Å². The third kappa shape index (κ3) is 4.35. The molecular formula is C11H16N2O2S. The Balaban J connectivity index is 5.24. The second-order valence-electron chi connectivity index (χ2n) is 2.63. The molecule has 0 aliphatic carbocycles. The zero-order valence-electron chi connectivity index (χ0n) is 9.53. The van der Waals surface area contributed by atoms with Crippen molar-refractivity contribution in [3.8, 4) is 0 Å². The van der Waals surface area contributed by atoms with Gasteiger partial charge in [-0.15, -0.1) is 11.8 Å². The highest BCUT2D eigenvalue weighted by Gasteiger charge is 2.07. The van der Waals surface area contributed by atoms with Gasteiger partial charge in [-0.05, 0) is 12.5 Å². The Labute approximate surface area is 100.0 Å². The second kappa shape index (κ2) is 7.76. The van der Waals surface area contributed by atoms with Crippen LogP contribution in [0.15, 0.2) is 40.0 Å². The smallest absolute Gasteiger partial charge is 0.332 e. The molecule has 0 spiro atoms. The van der Waals surface area contributed by atoms with Crippen LogP contribution in [0.1, 0.15) is 6.92 Å². The Kier molecular flexibility index (Phi) is 7.03. The number of carbonyl (C=O) groups is 1. The summed E-state index contributed by atoms with van der Waals surface area (Å²) in [7, 11) is 1.28. The van der Waals surface area contributed by atoms with Crippen LogP contribution >= 0.6 is 11.8 Å². The molecule has 0 unspecified atom stereocenters. The molecule has 0 bridgehead atoms. The third-order valence-electron chi connectivity index (χ3n) is 1.62. The predicted molar refractivity (Wildman–Crippen MR) is 69.2 cm³/mol. The van der Waals surface area contributed by atoms with E-state index in [4.69, 9.17) is 5.73 Å². The fourth-order valence-corrected chi connectivity index (χ4v) is 1.69. The number of hydrogen-bond acceptors (Lipinski definition) is 5. The summed E-state index contributed by atoms with van der Waals surface area (Å²) < 4.78 is 4.48. The van der Waals surface area contributed by atoms with E-state index >= 15 is 0 Å². The van der Waals surface area contributed by atoms with Gasteiger partial charge in [0.25, 0.3) is 0 Å². The molecule has 0 aromatic carbocycles. The van der Waals surface area contributed by atoms with Crippen molar-refractivity contribution in [3.63, 3.8) is 0 Å². The Morgan fingerprint density at radius 3 is 2.62 bits per heavy atom. The van der Waals surface area contributed by atoms with E-state index in [1.54, 1.807) is 6.08 Å². The topological polar surface area (TPSA) is 64.7 Å². The lowest BCUT2D eigenvalue weighted by atomic mass is 10.3. The number of thioether (sulfide) groups is 1. The first kappa shape index (κ1) is 14.5. The molecule has 88 valence electrons. The molecule has 16 heavy (non-hydrogen) atoms. The molecule has 0 aliphatic rings. The zero-order valence-corrected chi connectivity index (χ0v) is 10.3. The van der Waals surface area contributed by atoms with Crippen molar-refractivity contribution in [2.24, 2.45) is 10.7 Å². The monoisotopic (exact) mass is 240 g/mol. The molecule has 0 aliphatic heterocycles. The molecule has 4 nitrogen and oxygen atoms in total. The number of carbonyl (C=O) groups excluding carboxylic acids is 1. The fraction of sp³-hybridized carbons (Fsp3) is 0.273. The van der Waals surface area contributed by atoms with E-state index < -0.39 is 5.97 Å². The number of esters is 1. The van der Waals surface area contributed by atoms with Crippen LogP contribution < -0.4 is 5.73 Å². The minimum atomic E-state index is -0.524. The molecular weight excluding hydrogens is 224 g/mol. The summed E-state index contributed by atoms with van der Waals surface area (Å²) in [5.41, 5.74) is 6.39. The Morgan fingerprint density at radius 2 is 2.25 bits per heavy atom. The van der Waals surface area contributed by atoms with Gasteiger partial charge in [-0.25, -0.2) is 4.79 Å². The number of rotatable bonds is 6. The van der Waals surface area contributed by atoms with Gasteiger partial charge >= 0.3 is 5.97 Å². The summed E-state index contributed by atoms with van der Waals surface area (Å²) >= 11 is 1.53. The molecule has 0 aromatic rings. The standard InChI is InChI=1S/C11H16N2O2S/c1-5-9(16-6-2)11(13-3)8(12)7-10(14)15-4/h5,7H,1,3,6,12H2,2,4H3/b8-7-,11-9+. The van der Waals surface area contributed by atoms with Crippen molar-refractivity contribution in [3.05, 3.63) is 35.0 Å². The van der Waals surface area contributed by atoms with E-state index in [0.717, 1.165) is 10.7 Å². The van der Waals surface area contributed by atoms with Crippen LogP contribution in [0.25, 0.3) is 0 Å². The zero-order chi connectivity index (χ0) is 12.6. The Bertz CT molecular complexity index is 346. The van der Waals surface area contributed by atoms with Crippen molar-refractivity contribution in [2.75, 3.05) is 12.9 Å². The molecule has 0 fully saturated rings. The van der Waals surface area contributed by atoms with Gasteiger partial charge in [0.1, 0.15) is 0 Å². The van der Waals surface area contributed by atoms with Crippen LogP contribution in [-0.4, -0.2) is 25.5 Å². The van der Waals surface area contributed by atoms with Crippen LogP contribution in [-0.2, 0) is 9.53 Å². The van der Waals surface area contributed by atoms with Gasteiger partial charge in [0.05, 0.1) is 18.5 Å². The minimum absolute atomic E-state index is 0.220. The molecule has 0 saturated heterocycles. The number of aliphatic imine (C=N–C) groups is 1. The Hall–Kier alpha value is -1.49. The lowest BCUT2D eigenvalue weighted by Crippen LogP contribution is -2.06. The molecule has 0 heterocycles. The quantitative estimate of drug-likeness (QED) is 0.333. The van der Waals surface area contributed by atoms with E-state index in [1.165, 1.54) is 24.9 Å². The number of allylic oxidation sites excluding steroid dienone is 1. The number of nitrogens with zero attached hydrogens (tertiary/aromatic N) is 1. The van der Waals surface area contributed by atoms with Gasteiger partial charge in [-0.2, -0.15) is 0 Å². The molecule has 0 atom stereocenters. The summed E-state index contributed by atoms with van der Waals surface area (Å²) in [5.74, 6) is 0.329. The highest BCUT2D eigenvalue weighted by molar-refractivity contribution is 8.03. The highest BCUT2D eigenvalue weighted by Crippen LogP contribution is 2.24. The average Bonchev–Trinajstić information content (AvgIpc) is 2.28. The lowest BCUT2D eigenvalue weighted by Gasteiger charge is -2.06. The molecule has 2 N–H and O–H groups in total. The van der Waals surface area contributed by atoms with Crippen molar-refractivity contribution >= 4 is 24.4 Å². The first-order chi connectivity index (χ1) is 7.60. The summed E-state index contributed by atoms with van der Waals surface area (Å²) in [4.78, 5) is 15.6. The molecule has 0 radical (unpaired) electrons. The number of methoxy groups -OCH3 is 1. The van der Waals surface area contributed by atoms with Crippen LogP contribution in [0.4, 0.5) is 0 Å². The minimum Gasteiger partial charge on any atom is -0.466 e. The van der Waals surface area contributed by atoms with Crippen molar-refractivity contribution in [1.29, 1.82) is 0 Å². The number of hydrogen-bond donors (Lipinski definition) is 1. The van der Waals surface area contributed by atoms with Gasteiger partial charge in [0.2, 0.25) is 0 Å². The summed E-state index contributed by atoms with van der Waals surface area (Å²) in [5, 5.41) is 0. The molecule has 0 amide bonds. The summed E-state index contributed by atoms with van der Waals surface area (Å²) in [6.45, 7) is 9.08. The summed E-state index contributed by atoms with van der Waals surface area (Å²) in [6, 6.07) is 0. The van der Waals surface area contributed by atoms with E-state index in [0.29, 0.717) is 5.70 Å². The van der Waals surface area contributed by atoms with Crippen LogP contribution in [0.5, 0.6) is 0 Å². The maximum Gasteiger partial charge on any atom is 0.332 e. The van der Waals surface area contributed by atoms with Gasteiger partial charge in [-0.3, -0.25) is 4.99 Å². The van der Waals surface area contributed by atoms with Crippen LogP contribution in [0, 0.1) is 0 Å². The van der Waals surface area contributed by atoms with Crippen molar-refractivity contribution in [1.82, 2.24) is 0 Å². The summed E-state index contributed by atoms with van der Waals surface area (Å²) in [6.07, 6.45) is 2.81. The number of ether oxygens (including phenoxy) is 1. The molecule has 0 rings (SSSR count). The fourth-order valence-electron chi connectivity index (χ4n) is 0.945. The SMILES string of the molecule is C=C/C(SCC)=C(N=C)/C(N)=C/C(=O)OC. The van der Waals surface area contributed by atoms with Crippen molar-refractivity contribution in [2.45, 2.75) is 6.92 Å². The van der Waals surface area contributed by atoms with E-state index in [1.807, 2.05) is 6.92 Å². The second-order valence-corrected chi connectivity index (χ2v) is 3.94. The first-order valence-corrected chi connectivity index (χ1v) is 5.60. The predicted octanol–water partition coefficient (Wildman–Crippen LogP) is 1.85.